The lowest BCUT2D eigenvalue weighted by molar-refractivity contribution is -0.125. The lowest BCUT2D eigenvalue weighted by atomic mass is 9.73. The molecule has 168 valence electrons. The number of amides is 3. The Morgan fingerprint density at radius 2 is 2.00 bits per heavy atom. The molecule has 1 N–H and O–H groups in total. The Kier molecular flexibility index (Phi) is 5.26. The van der Waals surface area contributed by atoms with Gasteiger partial charge in [0.1, 0.15) is 0 Å². The third-order valence-electron chi connectivity index (χ3n) is 6.51. The molecule has 1 unspecified atom stereocenters. The zero-order chi connectivity index (χ0) is 23.3. The van der Waals surface area contributed by atoms with E-state index in [0.717, 1.165) is 10.8 Å². The van der Waals surface area contributed by atoms with Crippen molar-refractivity contribution in [1.29, 1.82) is 0 Å². The van der Waals surface area contributed by atoms with Crippen LogP contribution in [0.25, 0.3) is 10.8 Å². The fraction of sp³-hybridized carbons (Fsp3) is 0.250. The van der Waals surface area contributed by atoms with Crippen LogP contribution < -0.4 is 10.2 Å². The lowest BCUT2D eigenvalue weighted by Crippen LogP contribution is -2.55. The second-order valence-electron chi connectivity index (χ2n) is 8.31. The van der Waals surface area contributed by atoms with E-state index in [1.807, 2.05) is 12.1 Å². The van der Waals surface area contributed by atoms with E-state index < -0.39 is 5.41 Å². The average Bonchev–Trinajstić information content (AvgIpc) is 3.13. The second-order valence-corrected chi connectivity index (χ2v) is 9.15. The molecule has 2 aliphatic heterocycles. The number of pyridine rings is 1. The van der Waals surface area contributed by atoms with Gasteiger partial charge in [0.05, 0.1) is 28.9 Å². The van der Waals surface area contributed by atoms with Gasteiger partial charge < -0.3 is 15.1 Å². The third-order valence-corrected chi connectivity index (χ3v) is 7.06. The van der Waals surface area contributed by atoms with Gasteiger partial charge in [0.2, 0.25) is 11.8 Å². The molecule has 0 aliphatic carbocycles. The molecule has 7 nitrogen and oxygen atoms in total. The first-order valence-electron chi connectivity index (χ1n) is 10.5. The van der Waals surface area contributed by atoms with E-state index in [1.54, 1.807) is 41.6 Å². The standard InChI is InChI=1S/C24H20Cl2N4O3/c1-27-20(31)12-29-13-24(17-9-15(25)5-6-16(17)22(29)32)7-8-30(23(24)33)19-11-28-10-14-3-2-4-18(26)21(14)19/h2-6,9-11H,7-8,12-13H2,1H3,(H,27,31). The van der Waals surface area contributed by atoms with Gasteiger partial charge in [-0.1, -0.05) is 35.3 Å². The summed E-state index contributed by atoms with van der Waals surface area (Å²) in [6.45, 7) is 0.376. The number of nitrogens with zero attached hydrogens (tertiary/aromatic N) is 3. The van der Waals surface area contributed by atoms with Crippen molar-refractivity contribution >= 4 is 57.4 Å². The molecule has 0 saturated carbocycles. The number of carbonyl (C=O) groups excluding carboxylic acids is 3. The number of rotatable bonds is 3. The number of nitrogens with one attached hydrogen (secondary N) is 1. The third kappa shape index (κ3) is 3.34. The maximum atomic E-state index is 14.1. The summed E-state index contributed by atoms with van der Waals surface area (Å²) in [4.78, 5) is 46.8. The zero-order valence-corrected chi connectivity index (χ0v) is 19.3. The van der Waals surface area contributed by atoms with Crippen molar-refractivity contribution in [3.63, 3.8) is 0 Å². The molecular formula is C24H20Cl2N4O3. The predicted octanol–water partition coefficient (Wildman–Crippen LogP) is 3.42. The fourth-order valence-electron chi connectivity index (χ4n) is 4.90. The van der Waals surface area contributed by atoms with Crippen molar-refractivity contribution in [2.75, 3.05) is 31.6 Å². The Balaban J connectivity index is 1.64. The quantitative estimate of drug-likeness (QED) is 0.619. The minimum atomic E-state index is -1.02. The Morgan fingerprint density at radius 3 is 2.79 bits per heavy atom. The van der Waals surface area contributed by atoms with Crippen LogP contribution in [0.1, 0.15) is 22.3 Å². The van der Waals surface area contributed by atoms with Crippen molar-refractivity contribution in [3.05, 3.63) is 70.0 Å². The number of benzene rings is 2. The normalized spacial score (nSPS) is 20.0. The van der Waals surface area contributed by atoms with E-state index in [0.29, 0.717) is 39.8 Å². The topological polar surface area (TPSA) is 82.6 Å². The van der Waals surface area contributed by atoms with E-state index >= 15 is 0 Å². The first kappa shape index (κ1) is 21.7. The van der Waals surface area contributed by atoms with Gasteiger partial charge in [-0.15, -0.1) is 0 Å². The van der Waals surface area contributed by atoms with Gasteiger partial charge in [0.25, 0.3) is 5.91 Å². The molecule has 1 atom stereocenters. The summed E-state index contributed by atoms with van der Waals surface area (Å²) in [5.41, 5.74) is 0.586. The van der Waals surface area contributed by atoms with E-state index in [1.165, 1.54) is 11.9 Å². The molecule has 1 saturated heterocycles. The highest BCUT2D eigenvalue weighted by atomic mass is 35.5. The van der Waals surface area contributed by atoms with E-state index in [-0.39, 0.29) is 30.8 Å². The van der Waals surface area contributed by atoms with Crippen molar-refractivity contribution in [1.82, 2.24) is 15.2 Å². The summed E-state index contributed by atoms with van der Waals surface area (Å²) in [6, 6.07) is 10.5. The van der Waals surface area contributed by atoms with Crippen LogP contribution in [0.4, 0.5) is 5.69 Å². The molecule has 5 rings (SSSR count). The van der Waals surface area contributed by atoms with Gasteiger partial charge in [-0.05, 0) is 36.2 Å². The molecule has 1 aromatic heterocycles. The minimum absolute atomic E-state index is 0.0911. The Morgan fingerprint density at radius 1 is 1.18 bits per heavy atom. The van der Waals surface area contributed by atoms with Crippen molar-refractivity contribution in [2.24, 2.45) is 0 Å². The van der Waals surface area contributed by atoms with Gasteiger partial charge in [0, 0.05) is 47.7 Å². The maximum Gasteiger partial charge on any atom is 0.254 e. The molecular weight excluding hydrogens is 463 g/mol. The average molecular weight is 483 g/mol. The van der Waals surface area contributed by atoms with Gasteiger partial charge in [-0.2, -0.15) is 0 Å². The molecule has 33 heavy (non-hydrogen) atoms. The Hall–Kier alpha value is -3.16. The van der Waals surface area contributed by atoms with E-state index in [2.05, 4.69) is 10.3 Å². The molecule has 2 aliphatic rings. The lowest BCUT2D eigenvalue weighted by Gasteiger charge is -2.40. The van der Waals surface area contributed by atoms with Crippen LogP contribution >= 0.6 is 23.2 Å². The van der Waals surface area contributed by atoms with Crippen LogP contribution in [0, 0.1) is 0 Å². The van der Waals surface area contributed by atoms with Gasteiger partial charge >= 0.3 is 0 Å². The van der Waals surface area contributed by atoms with Crippen molar-refractivity contribution < 1.29 is 14.4 Å². The molecule has 2 aromatic carbocycles. The highest BCUT2D eigenvalue weighted by Crippen LogP contribution is 2.45. The van der Waals surface area contributed by atoms with Crippen LogP contribution in [-0.4, -0.2) is 54.3 Å². The van der Waals surface area contributed by atoms with Crippen molar-refractivity contribution in [2.45, 2.75) is 11.8 Å². The number of aromatic nitrogens is 1. The zero-order valence-electron chi connectivity index (χ0n) is 17.8. The molecule has 0 radical (unpaired) electrons. The number of halogens is 2. The number of anilines is 1. The largest absolute Gasteiger partial charge is 0.358 e. The fourth-order valence-corrected chi connectivity index (χ4v) is 5.35. The molecule has 1 fully saturated rings. The SMILES string of the molecule is CNC(=O)CN1CC2(CCN(c3cncc4cccc(Cl)c34)C2=O)c2cc(Cl)ccc2C1=O. The first-order valence-corrected chi connectivity index (χ1v) is 11.3. The maximum absolute atomic E-state index is 14.1. The van der Waals surface area contributed by atoms with E-state index in [4.69, 9.17) is 23.2 Å². The van der Waals surface area contributed by atoms with Crippen molar-refractivity contribution in [3.8, 4) is 0 Å². The number of carbonyl (C=O) groups is 3. The molecule has 3 aromatic rings. The predicted molar refractivity (Wildman–Crippen MR) is 127 cm³/mol. The number of likely N-dealkylation sites (N-methyl/N-ethyl adjacent to an activating group) is 1. The second kappa shape index (κ2) is 8.01. The molecule has 0 bridgehead atoms. The summed E-state index contributed by atoms with van der Waals surface area (Å²) in [5, 5.41) is 5.10. The Labute approximate surface area is 200 Å². The molecule has 9 heteroatoms. The number of hydrogen-bond acceptors (Lipinski definition) is 4. The highest BCUT2D eigenvalue weighted by Gasteiger charge is 2.54. The minimum Gasteiger partial charge on any atom is -0.358 e. The number of fused-ring (bicyclic) bond motifs is 3. The Bertz CT molecular complexity index is 1320. The summed E-state index contributed by atoms with van der Waals surface area (Å²) >= 11 is 12.8. The smallest absolute Gasteiger partial charge is 0.254 e. The summed E-state index contributed by atoms with van der Waals surface area (Å²) in [5.74, 6) is -0.769. The van der Waals surface area contributed by atoms with E-state index in [9.17, 15) is 14.4 Å². The number of hydrogen-bond donors (Lipinski definition) is 1. The van der Waals surface area contributed by atoms with Crippen LogP contribution in [-0.2, 0) is 15.0 Å². The molecule has 3 heterocycles. The highest BCUT2D eigenvalue weighted by molar-refractivity contribution is 6.37. The summed E-state index contributed by atoms with van der Waals surface area (Å²) in [7, 11) is 1.51. The van der Waals surface area contributed by atoms with Crippen LogP contribution in [0.3, 0.4) is 0 Å². The summed E-state index contributed by atoms with van der Waals surface area (Å²) in [6.07, 6.45) is 3.80. The van der Waals surface area contributed by atoms with Crippen LogP contribution in [0.5, 0.6) is 0 Å². The van der Waals surface area contributed by atoms with Crippen LogP contribution in [0.2, 0.25) is 10.0 Å². The first-order chi connectivity index (χ1) is 15.9. The monoisotopic (exact) mass is 482 g/mol. The summed E-state index contributed by atoms with van der Waals surface area (Å²) < 4.78 is 0. The molecule has 1 spiro atoms. The van der Waals surface area contributed by atoms with Gasteiger partial charge in [0.15, 0.2) is 0 Å². The molecule has 3 amide bonds. The van der Waals surface area contributed by atoms with Gasteiger partial charge in [-0.25, -0.2) is 0 Å². The van der Waals surface area contributed by atoms with Crippen LogP contribution in [0.15, 0.2) is 48.8 Å². The van der Waals surface area contributed by atoms with Gasteiger partial charge in [-0.3, -0.25) is 19.4 Å².